The van der Waals surface area contributed by atoms with E-state index in [1.54, 1.807) is 20.8 Å². The van der Waals surface area contributed by atoms with Gasteiger partial charge in [-0.1, -0.05) is 0 Å². The third-order valence-corrected chi connectivity index (χ3v) is 5.84. The number of nitrogens with zero attached hydrogens (tertiary/aromatic N) is 2. The Morgan fingerprint density at radius 3 is 2.60 bits per heavy atom. The number of rotatable bonds is 5. The van der Waals surface area contributed by atoms with E-state index in [1.165, 1.54) is 4.31 Å². The summed E-state index contributed by atoms with van der Waals surface area (Å²) >= 11 is 0. The number of hydrogen-bond acceptors (Lipinski definition) is 4. The Balaban J connectivity index is 2.82. The molecule has 6 nitrogen and oxygen atoms in total. The minimum atomic E-state index is -3.52. The quantitative estimate of drug-likeness (QED) is 0.828. The number of piperidine rings is 1. The molecular formula is C13H22N2O4S. The van der Waals surface area contributed by atoms with Crippen LogP contribution in [0.25, 0.3) is 0 Å². The largest absolute Gasteiger partial charge is 0.481 e. The van der Waals surface area contributed by atoms with Crippen LogP contribution in [0.15, 0.2) is 0 Å². The van der Waals surface area contributed by atoms with Crippen LogP contribution in [0.5, 0.6) is 0 Å². The van der Waals surface area contributed by atoms with Crippen molar-refractivity contribution >= 4 is 16.0 Å². The number of hydrogen-bond donors (Lipinski definition) is 1. The molecule has 0 spiro atoms. The molecule has 1 fully saturated rings. The zero-order valence-corrected chi connectivity index (χ0v) is 13.0. The third-order valence-electron chi connectivity index (χ3n) is 3.89. The molecule has 0 aromatic heterocycles. The molecule has 114 valence electrons. The summed E-state index contributed by atoms with van der Waals surface area (Å²) in [7, 11) is -3.52. The van der Waals surface area contributed by atoms with Gasteiger partial charge in [0.05, 0.1) is 23.2 Å². The lowest BCUT2D eigenvalue weighted by atomic mass is 9.92. The molecule has 7 heteroatoms. The maximum atomic E-state index is 12.4. The van der Waals surface area contributed by atoms with Crippen LogP contribution in [-0.4, -0.2) is 42.1 Å². The summed E-state index contributed by atoms with van der Waals surface area (Å²) in [6, 6.07) is 1.55. The third kappa shape index (κ3) is 3.93. The van der Waals surface area contributed by atoms with E-state index in [-0.39, 0.29) is 12.2 Å². The number of nitriles is 1. The van der Waals surface area contributed by atoms with Crippen LogP contribution in [0.3, 0.4) is 0 Å². The summed E-state index contributed by atoms with van der Waals surface area (Å²) in [5, 5.41) is 18.1. The number of aliphatic carboxylic acids is 1. The minimum Gasteiger partial charge on any atom is -0.481 e. The molecule has 0 aliphatic carbocycles. The van der Waals surface area contributed by atoms with Gasteiger partial charge >= 0.3 is 5.97 Å². The number of sulfonamides is 1. The van der Waals surface area contributed by atoms with Crippen molar-refractivity contribution in [2.45, 2.75) is 46.1 Å². The lowest BCUT2D eigenvalue weighted by molar-refractivity contribution is -0.144. The summed E-state index contributed by atoms with van der Waals surface area (Å²) in [6.07, 6.45) is 1.31. The fourth-order valence-electron chi connectivity index (χ4n) is 2.39. The molecule has 1 heterocycles. The highest BCUT2D eigenvalue weighted by atomic mass is 32.2. The molecule has 0 aromatic rings. The van der Waals surface area contributed by atoms with Crippen LogP contribution in [-0.2, 0) is 14.8 Å². The van der Waals surface area contributed by atoms with E-state index < -0.39 is 33.4 Å². The second-order valence-electron chi connectivity index (χ2n) is 6.00. The average molecular weight is 302 g/mol. The van der Waals surface area contributed by atoms with Gasteiger partial charge in [0.2, 0.25) is 10.0 Å². The van der Waals surface area contributed by atoms with E-state index in [0.717, 1.165) is 0 Å². The average Bonchev–Trinajstić information content (AvgIpc) is 2.36. The lowest BCUT2D eigenvalue weighted by Gasteiger charge is -2.36. The number of carbonyl (C=O) groups is 1. The van der Waals surface area contributed by atoms with Gasteiger partial charge in [-0.05, 0) is 40.0 Å². The van der Waals surface area contributed by atoms with Crippen molar-refractivity contribution < 1.29 is 18.3 Å². The first kappa shape index (κ1) is 16.9. The first-order valence-electron chi connectivity index (χ1n) is 6.74. The maximum Gasteiger partial charge on any atom is 0.308 e. The molecular weight excluding hydrogens is 280 g/mol. The van der Waals surface area contributed by atoms with Crippen molar-refractivity contribution in [2.75, 3.05) is 12.3 Å². The van der Waals surface area contributed by atoms with Crippen molar-refractivity contribution in [1.29, 1.82) is 5.26 Å². The molecule has 0 unspecified atom stereocenters. The monoisotopic (exact) mass is 302 g/mol. The van der Waals surface area contributed by atoms with Crippen LogP contribution in [0, 0.1) is 22.7 Å². The lowest BCUT2D eigenvalue weighted by Crippen LogP contribution is -2.50. The van der Waals surface area contributed by atoms with Crippen molar-refractivity contribution in [3.8, 4) is 6.07 Å². The van der Waals surface area contributed by atoms with Crippen molar-refractivity contribution in [3.63, 3.8) is 0 Å². The van der Waals surface area contributed by atoms with Crippen LogP contribution in [0.4, 0.5) is 0 Å². The van der Waals surface area contributed by atoms with E-state index in [4.69, 9.17) is 10.4 Å². The summed E-state index contributed by atoms with van der Waals surface area (Å²) < 4.78 is 26.0. The fraction of sp³-hybridized carbons (Fsp3) is 0.846. The highest BCUT2D eigenvalue weighted by Gasteiger charge is 2.39. The molecule has 1 N–H and O–H groups in total. The van der Waals surface area contributed by atoms with Gasteiger partial charge in [0.15, 0.2) is 0 Å². The van der Waals surface area contributed by atoms with Gasteiger partial charge in [-0.2, -0.15) is 9.57 Å². The van der Waals surface area contributed by atoms with Gasteiger partial charge in [0, 0.05) is 12.6 Å². The van der Waals surface area contributed by atoms with Crippen molar-refractivity contribution in [1.82, 2.24) is 4.31 Å². The predicted octanol–water partition coefficient (Wildman–Crippen LogP) is 1.44. The van der Waals surface area contributed by atoms with Crippen LogP contribution < -0.4 is 0 Å². The van der Waals surface area contributed by atoms with Gasteiger partial charge in [-0.25, -0.2) is 8.42 Å². The Hall–Kier alpha value is -1.13. The number of carboxylic acids is 1. The molecule has 20 heavy (non-hydrogen) atoms. The van der Waals surface area contributed by atoms with Gasteiger partial charge in [0.25, 0.3) is 0 Å². The molecule has 0 aromatic carbocycles. The molecule has 1 aliphatic heterocycles. The Morgan fingerprint density at radius 1 is 1.50 bits per heavy atom. The molecule has 1 aliphatic rings. The molecule has 1 rings (SSSR count). The van der Waals surface area contributed by atoms with E-state index in [2.05, 4.69) is 6.07 Å². The van der Waals surface area contributed by atoms with Gasteiger partial charge in [-0.15, -0.1) is 0 Å². The Bertz CT molecular complexity index is 507. The molecule has 0 saturated carbocycles. The summed E-state index contributed by atoms with van der Waals surface area (Å²) in [5.41, 5.74) is -0.696. The molecule has 0 bridgehead atoms. The van der Waals surface area contributed by atoms with Crippen molar-refractivity contribution in [2.24, 2.45) is 11.3 Å². The zero-order chi connectivity index (χ0) is 15.6. The normalized spacial score (nSPS) is 25.1. The molecule has 0 radical (unpaired) electrons. The SMILES string of the molecule is C[C@@H]1[C@H](C(=O)O)CCCN1S(=O)(=O)CCC(C)(C)C#N. The maximum absolute atomic E-state index is 12.4. The summed E-state index contributed by atoms with van der Waals surface area (Å²) in [4.78, 5) is 11.1. The molecule has 2 atom stereocenters. The van der Waals surface area contributed by atoms with E-state index in [9.17, 15) is 13.2 Å². The molecule has 1 saturated heterocycles. The zero-order valence-electron chi connectivity index (χ0n) is 12.2. The van der Waals surface area contributed by atoms with E-state index in [1.807, 2.05) is 0 Å². The fourth-order valence-corrected chi connectivity index (χ4v) is 4.46. The molecule has 0 amide bonds. The van der Waals surface area contributed by atoms with Crippen LogP contribution in [0.2, 0.25) is 0 Å². The highest BCUT2D eigenvalue weighted by molar-refractivity contribution is 7.89. The van der Waals surface area contributed by atoms with E-state index >= 15 is 0 Å². The Morgan fingerprint density at radius 2 is 2.10 bits per heavy atom. The highest BCUT2D eigenvalue weighted by Crippen LogP contribution is 2.28. The van der Waals surface area contributed by atoms with Crippen molar-refractivity contribution in [3.05, 3.63) is 0 Å². The van der Waals surface area contributed by atoms with Gasteiger partial charge in [-0.3, -0.25) is 4.79 Å². The predicted molar refractivity (Wildman–Crippen MR) is 74.3 cm³/mol. The first-order valence-corrected chi connectivity index (χ1v) is 8.35. The van der Waals surface area contributed by atoms with E-state index in [0.29, 0.717) is 19.4 Å². The smallest absolute Gasteiger partial charge is 0.308 e. The Kier molecular flexibility index (Phi) is 5.16. The van der Waals surface area contributed by atoms with Gasteiger partial charge < -0.3 is 5.11 Å². The minimum absolute atomic E-state index is 0.121. The topological polar surface area (TPSA) is 98.5 Å². The second kappa shape index (κ2) is 6.10. The number of carboxylic acid groups (broad SMARTS) is 1. The second-order valence-corrected chi connectivity index (χ2v) is 8.04. The van der Waals surface area contributed by atoms with Gasteiger partial charge in [0.1, 0.15) is 0 Å². The van der Waals surface area contributed by atoms with Crippen LogP contribution in [0.1, 0.15) is 40.0 Å². The summed E-state index contributed by atoms with van der Waals surface area (Å²) in [5.74, 6) is -1.72. The summed E-state index contributed by atoms with van der Waals surface area (Å²) in [6.45, 7) is 5.40. The standard InChI is InChI=1S/C13H22N2O4S/c1-10-11(12(16)17)5-4-7-15(10)20(18,19)8-6-13(2,3)9-14/h10-11H,4-8H2,1-3H3,(H,16,17)/t10-,11-/m1/s1. The Labute approximate surface area is 120 Å². The van der Waals surface area contributed by atoms with Crippen LogP contribution >= 0.6 is 0 Å². The first-order chi connectivity index (χ1) is 9.10.